The first kappa shape index (κ1) is 7.52. The molecule has 2 aliphatic carbocycles. The number of hydrogen-bond donors (Lipinski definition) is 0. The molecule has 0 aliphatic heterocycles. The number of carbonyl (C=O) groups excluding carboxylic acids is 1. The van der Waals surface area contributed by atoms with E-state index < -0.39 is 0 Å². The molecule has 0 spiro atoms. The fourth-order valence-corrected chi connectivity index (χ4v) is 1.19. The normalized spacial score (nSPS) is 25.8. The van der Waals surface area contributed by atoms with Gasteiger partial charge in [0.05, 0.1) is 0 Å². The van der Waals surface area contributed by atoms with Crippen LogP contribution in [0.15, 0.2) is 11.6 Å². The van der Waals surface area contributed by atoms with Gasteiger partial charge in [0.2, 0.25) is 0 Å². The molecule has 10 heavy (non-hydrogen) atoms. The molecule has 2 aliphatic rings. The summed E-state index contributed by atoms with van der Waals surface area (Å²) in [6.45, 7) is 3.06. The van der Waals surface area contributed by atoms with Crippen molar-refractivity contribution in [1.82, 2.24) is 0 Å². The molecule has 0 bridgehead atoms. The number of hydrogen-bond acceptors (Lipinski definition) is 1. The lowest BCUT2D eigenvalue weighted by Gasteiger charge is -2.36. The molecule has 0 saturated heterocycles. The average molecular weight is 138 g/mol. The number of rotatable bonds is 0. The van der Waals surface area contributed by atoms with Crippen molar-refractivity contribution >= 4 is 5.78 Å². The molecule has 1 nitrogen and oxygen atoms in total. The number of ketones is 1. The van der Waals surface area contributed by atoms with Gasteiger partial charge in [-0.1, -0.05) is 11.6 Å². The summed E-state index contributed by atoms with van der Waals surface area (Å²) in [6.07, 6.45) is 6.68. The largest absolute Gasteiger partial charge is 0.300 e. The van der Waals surface area contributed by atoms with Crippen molar-refractivity contribution in [2.45, 2.75) is 33.1 Å². The molecule has 0 heterocycles. The molecule has 0 amide bonds. The number of Topliss-reactive ketones (excluding diaryl/α,β-unsaturated/α-hetero) is 1. The van der Waals surface area contributed by atoms with Crippen LogP contribution in [0.4, 0.5) is 0 Å². The van der Waals surface area contributed by atoms with Crippen molar-refractivity contribution in [3.8, 4) is 0 Å². The molecule has 1 fully saturated rings. The van der Waals surface area contributed by atoms with Crippen LogP contribution in [0.1, 0.15) is 33.1 Å². The van der Waals surface area contributed by atoms with Crippen LogP contribution in [0.3, 0.4) is 0 Å². The van der Waals surface area contributed by atoms with Crippen LogP contribution in [0, 0.1) is 5.92 Å². The Labute approximate surface area is 62.1 Å². The minimum Gasteiger partial charge on any atom is -0.300 e. The van der Waals surface area contributed by atoms with Gasteiger partial charge in [-0.2, -0.15) is 0 Å². The number of allylic oxidation sites excluding steroid dienone is 2. The fraction of sp³-hybridized carbons (Fsp3) is 0.667. The average Bonchev–Trinajstić information content (AvgIpc) is 1.77. The van der Waals surface area contributed by atoms with E-state index in [-0.39, 0.29) is 5.78 Å². The van der Waals surface area contributed by atoms with Crippen molar-refractivity contribution in [2.24, 2.45) is 5.92 Å². The first-order valence-corrected chi connectivity index (χ1v) is 3.86. The van der Waals surface area contributed by atoms with E-state index in [0.717, 1.165) is 5.92 Å². The molecule has 1 saturated carbocycles. The van der Waals surface area contributed by atoms with Crippen LogP contribution in [0.2, 0.25) is 0 Å². The minimum atomic E-state index is 0.167. The lowest BCUT2D eigenvalue weighted by molar-refractivity contribution is -0.114. The van der Waals surface area contributed by atoms with Crippen molar-refractivity contribution in [1.29, 1.82) is 0 Å². The van der Waals surface area contributed by atoms with Gasteiger partial charge in [0.1, 0.15) is 5.78 Å². The first-order chi connectivity index (χ1) is 4.70. The summed E-state index contributed by atoms with van der Waals surface area (Å²) in [5.41, 5.74) is 1.75. The van der Waals surface area contributed by atoms with Gasteiger partial charge in [0.25, 0.3) is 0 Å². The Morgan fingerprint density at radius 2 is 2.10 bits per heavy atom. The lowest BCUT2D eigenvalue weighted by Crippen LogP contribution is -2.21. The number of fused-ring (bicyclic) bond motifs is 1. The molecule has 2 rings (SSSR count). The van der Waals surface area contributed by atoms with Gasteiger partial charge in [-0.3, -0.25) is 0 Å². The third kappa shape index (κ3) is 1.69. The molecule has 0 radical (unpaired) electrons. The molecular weight excluding hydrogens is 124 g/mol. The van der Waals surface area contributed by atoms with Crippen LogP contribution in [0.5, 0.6) is 0 Å². The maximum Gasteiger partial charge on any atom is 0.126 e. The van der Waals surface area contributed by atoms with Crippen LogP contribution in [0.25, 0.3) is 0 Å². The van der Waals surface area contributed by atoms with Gasteiger partial charge in [0.15, 0.2) is 0 Å². The fourth-order valence-electron chi connectivity index (χ4n) is 1.19. The van der Waals surface area contributed by atoms with E-state index >= 15 is 0 Å². The Kier molecular flexibility index (Phi) is 2.25. The second kappa shape index (κ2) is 3.00. The SMILES string of the molecule is C1=C2CCC2C1.CC(C)=O. The van der Waals surface area contributed by atoms with Crippen LogP contribution in [-0.2, 0) is 4.79 Å². The van der Waals surface area contributed by atoms with E-state index in [1.807, 2.05) is 0 Å². The highest BCUT2D eigenvalue weighted by Gasteiger charge is 2.28. The molecular formula is C9H14O. The van der Waals surface area contributed by atoms with Gasteiger partial charge < -0.3 is 4.79 Å². The van der Waals surface area contributed by atoms with Gasteiger partial charge in [0, 0.05) is 0 Å². The highest BCUT2D eigenvalue weighted by molar-refractivity contribution is 5.72. The second-order valence-corrected chi connectivity index (χ2v) is 3.16. The molecule has 0 aromatic heterocycles. The van der Waals surface area contributed by atoms with Crippen molar-refractivity contribution < 1.29 is 4.79 Å². The predicted octanol–water partition coefficient (Wildman–Crippen LogP) is 2.32. The summed E-state index contributed by atoms with van der Waals surface area (Å²) in [5, 5.41) is 0. The smallest absolute Gasteiger partial charge is 0.126 e. The van der Waals surface area contributed by atoms with Crippen LogP contribution < -0.4 is 0 Å². The Balaban J connectivity index is 0.000000112. The number of carbonyl (C=O) groups is 1. The van der Waals surface area contributed by atoms with E-state index in [1.54, 1.807) is 5.57 Å². The summed E-state index contributed by atoms with van der Waals surface area (Å²) in [7, 11) is 0. The van der Waals surface area contributed by atoms with Gasteiger partial charge in [-0.15, -0.1) is 0 Å². The maximum absolute atomic E-state index is 9.44. The molecule has 1 heteroatoms. The van der Waals surface area contributed by atoms with E-state index in [2.05, 4.69) is 6.08 Å². The molecule has 0 aromatic rings. The van der Waals surface area contributed by atoms with Crippen molar-refractivity contribution in [2.75, 3.05) is 0 Å². The maximum atomic E-state index is 9.44. The van der Waals surface area contributed by atoms with Gasteiger partial charge >= 0.3 is 0 Å². The van der Waals surface area contributed by atoms with Crippen molar-refractivity contribution in [3.05, 3.63) is 11.6 Å². The quantitative estimate of drug-likeness (QED) is 0.469. The van der Waals surface area contributed by atoms with Crippen LogP contribution >= 0.6 is 0 Å². The Bertz CT molecular complexity index is 164. The third-order valence-corrected chi connectivity index (χ3v) is 1.97. The summed E-state index contributed by atoms with van der Waals surface area (Å²) < 4.78 is 0. The van der Waals surface area contributed by atoms with Crippen molar-refractivity contribution in [3.63, 3.8) is 0 Å². The second-order valence-electron chi connectivity index (χ2n) is 3.16. The zero-order valence-corrected chi connectivity index (χ0v) is 6.68. The Morgan fingerprint density at radius 1 is 1.60 bits per heavy atom. The Morgan fingerprint density at radius 3 is 2.10 bits per heavy atom. The van der Waals surface area contributed by atoms with Gasteiger partial charge in [-0.05, 0) is 39.0 Å². The zero-order chi connectivity index (χ0) is 7.56. The standard InChI is InChI=1S/C6H8.C3H6O/c1-2-6-4-3-5(1)6;1-3(2)4/h1,6H,2-4H2;1-2H3. The van der Waals surface area contributed by atoms with E-state index in [4.69, 9.17) is 0 Å². The highest BCUT2D eigenvalue weighted by Crippen LogP contribution is 2.43. The topological polar surface area (TPSA) is 17.1 Å². The summed E-state index contributed by atoms with van der Waals surface area (Å²) in [6, 6.07) is 0. The molecule has 56 valence electrons. The van der Waals surface area contributed by atoms with E-state index in [9.17, 15) is 4.79 Å². The van der Waals surface area contributed by atoms with Crippen LogP contribution in [-0.4, -0.2) is 5.78 Å². The summed E-state index contributed by atoms with van der Waals surface area (Å²) >= 11 is 0. The zero-order valence-electron chi connectivity index (χ0n) is 6.68. The molecule has 0 aromatic carbocycles. The monoisotopic (exact) mass is 138 g/mol. The predicted molar refractivity (Wildman–Crippen MR) is 41.8 cm³/mol. The van der Waals surface area contributed by atoms with E-state index in [1.165, 1.54) is 33.1 Å². The summed E-state index contributed by atoms with van der Waals surface area (Å²) in [4.78, 5) is 9.44. The first-order valence-electron chi connectivity index (χ1n) is 3.86. The highest BCUT2D eigenvalue weighted by atomic mass is 16.1. The third-order valence-electron chi connectivity index (χ3n) is 1.97. The minimum absolute atomic E-state index is 0.167. The summed E-state index contributed by atoms with van der Waals surface area (Å²) in [5.74, 6) is 1.24. The van der Waals surface area contributed by atoms with E-state index in [0.29, 0.717) is 0 Å². The molecule has 0 N–H and O–H groups in total. The molecule has 1 unspecified atom stereocenters. The van der Waals surface area contributed by atoms with Gasteiger partial charge in [-0.25, -0.2) is 0 Å². The lowest BCUT2D eigenvalue weighted by atomic mass is 9.69. The Hall–Kier alpha value is -0.590. The molecule has 1 atom stereocenters.